The van der Waals surface area contributed by atoms with Crippen LogP contribution in [0.4, 0.5) is 5.82 Å². The molecule has 0 radical (unpaired) electrons. The predicted molar refractivity (Wildman–Crippen MR) is 54.1 cm³/mol. The second kappa shape index (κ2) is 2.91. The number of fused-ring (bicyclic) bond motifs is 1. The largest absolute Gasteiger partial charge is 0.454 e. The Balaban J connectivity index is 2.06. The summed E-state index contributed by atoms with van der Waals surface area (Å²) >= 11 is 0. The normalized spacial score (nSPS) is 13.1. The Labute approximate surface area is 86.1 Å². The zero-order chi connectivity index (χ0) is 10.3. The van der Waals surface area contributed by atoms with E-state index in [1.54, 1.807) is 12.5 Å². The first-order chi connectivity index (χ1) is 7.33. The summed E-state index contributed by atoms with van der Waals surface area (Å²) in [6.07, 6.45) is 3.41. The van der Waals surface area contributed by atoms with Gasteiger partial charge in [-0.15, -0.1) is 0 Å². The van der Waals surface area contributed by atoms with Crippen molar-refractivity contribution in [2.45, 2.75) is 0 Å². The minimum atomic E-state index is 0.283. The molecule has 0 saturated heterocycles. The van der Waals surface area contributed by atoms with Crippen LogP contribution in [0.5, 0.6) is 11.5 Å². The van der Waals surface area contributed by atoms with Crippen molar-refractivity contribution in [1.29, 1.82) is 0 Å². The first-order valence-electron chi connectivity index (χ1n) is 4.52. The molecular weight excluding hydrogens is 194 g/mol. The van der Waals surface area contributed by atoms with E-state index in [0.29, 0.717) is 5.82 Å². The van der Waals surface area contributed by atoms with Crippen LogP contribution in [0.15, 0.2) is 30.7 Å². The Morgan fingerprint density at radius 2 is 2.13 bits per heavy atom. The van der Waals surface area contributed by atoms with E-state index in [-0.39, 0.29) is 6.79 Å². The third-order valence-corrected chi connectivity index (χ3v) is 2.26. The molecule has 0 unspecified atom stereocenters. The molecule has 5 nitrogen and oxygen atoms in total. The quantitative estimate of drug-likeness (QED) is 0.756. The molecule has 0 bridgehead atoms. The number of nitrogen functional groups attached to an aromatic ring is 1. The van der Waals surface area contributed by atoms with Crippen LogP contribution < -0.4 is 15.2 Å². The number of anilines is 1. The van der Waals surface area contributed by atoms with Crippen LogP contribution in [0, 0.1) is 0 Å². The Kier molecular flexibility index (Phi) is 1.58. The highest BCUT2D eigenvalue weighted by molar-refractivity contribution is 5.50. The van der Waals surface area contributed by atoms with Crippen molar-refractivity contribution < 1.29 is 9.47 Å². The molecule has 76 valence electrons. The van der Waals surface area contributed by atoms with Crippen molar-refractivity contribution in [2.75, 3.05) is 12.5 Å². The van der Waals surface area contributed by atoms with Crippen molar-refractivity contribution in [3.05, 3.63) is 30.7 Å². The molecule has 0 spiro atoms. The highest BCUT2D eigenvalue weighted by atomic mass is 16.7. The minimum Gasteiger partial charge on any atom is -0.454 e. The second-order valence-corrected chi connectivity index (χ2v) is 3.24. The Morgan fingerprint density at radius 3 is 2.93 bits per heavy atom. The van der Waals surface area contributed by atoms with Gasteiger partial charge in [0.15, 0.2) is 11.5 Å². The lowest BCUT2D eigenvalue weighted by Gasteiger charge is -2.02. The molecule has 5 heteroatoms. The Hall–Kier alpha value is -2.17. The third kappa shape index (κ3) is 1.28. The predicted octanol–water partition coefficient (Wildman–Crippen LogP) is 1.18. The topological polar surface area (TPSA) is 62.3 Å². The maximum Gasteiger partial charge on any atom is 0.231 e. The standard InChI is InChI=1S/C10H9N3O2/c11-10-4-13(5-12-10)7-1-2-8-9(3-7)15-6-14-8/h1-5H,6,11H2. The van der Waals surface area contributed by atoms with E-state index in [4.69, 9.17) is 15.2 Å². The van der Waals surface area contributed by atoms with Gasteiger partial charge in [0.25, 0.3) is 0 Å². The monoisotopic (exact) mass is 203 g/mol. The fourth-order valence-corrected chi connectivity index (χ4v) is 1.53. The first-order valence-corrected chi connectivity index (χ1v) is 4.52. The van der Waals surface area contributed by atoms with Crippen LogP contribution in [-0.2, 0) is 0 Å². The van der Waals surface area contributed by atoms with E-state index < -0.39 is 0 Å². The van der Waals surface area contributed by atoms with Gasteiger partial charge in [-0.3, -0.25) is 0 Å². The fourth-order valence-electron chi connectivity index (χ4n) is 1.53. The molecule has 1 aromatic heterocycles. The van der Waals surface area contributed by atoms with Crippen LogP contribution in [-0.4, -0.2) is 16.3 Å². The summed E-state index contributed by atoms with van der Waals surface area (Å²) in [4.78, 5) is 3.96. The lowest BCUT2D eigenvalue weighted by Crippen LogP contribution is -1.93. The van der Waals surface area contributed by atoms with E-state index in [0.717, 1.165) is 17.2 Å². The van der Waals surface area contributed by atoms with Crippen LogP contribution in [0.3, 0.4) is 0 Å². The van der Waals surface area contributed by atoms with E-state index in [1.165, 1.54) is 0 Å². The lowest BCUT2D eigenvalue weighted by molar-refractivity contribution is 0.174. The number of aromatic nitrogens is 2. The van der Waals surface area contributed by atoms with Crippen LogP contribution in [0.2, 0.25) is 0 Å². The van der Waals surface area contributed by atoms with Crippen molar-refractivity contribution in [1.82, 2.24) is 9.55 Å². The van der Waals surface area contributed by atoms with E-state index in [1.807, 2.05) is 22.8 Å². The van der Waals surface area contributed by atoms with Crippen LogP contribution in [0.25, 0.3) is 5.69 Å². The maximum absolute atomic E-state index is 5.54. The zero-order valence-corrected chi connectivity index (χ0v) is 7.88. The smallest absolute Gasteiger partial charge is 0.231 e. The van der Waals surface area contributed by atoms with Gasteiger partial charge in [-0.05, 0) is 12.1 Å². The van der Waals surface area contributed by atoms with Crippen LogP contribution in [0.1, 0.15) is 0 Å². The number of nitrogens with two attached hydrogens (primary N) is 1. The number of hydrogen-bond donors (Lipinski definition) is 1. The molecule has 0 saturated carbocycles. The van der Waals surface area contributed by atoms with Crippen molar-refractivity contribution in [2.24, 2.45) is 0 Å². The fraction of sp³-hybridized carbons (Fsp3) is 0.100. The highest BCUT2D eigenvalue weighted by Crippen LogP contribution is 2.33. The molecule has 0 fully saturated rings. The van der Waals surface area contributed by atoms with Gasteiger partial charge in [0.2, 0.25) is 6.79 Å². The van der Waals surface area contributed by atoms with Crippen molar-refractivity contribution >= 4 is 5.82 Å². The van der Waals surface area contributed by atoms with Gasteiger partial charge in [0, 0.05) is 6.07 Å². The summed E-state index contributed by atoms with van der Waals surface area (Å²) in [6.45, 7) is 0.283. The van der Waals surface area contributed by atoms with Crippen LogP contribution >= 0.6 is 0 Å². The van der Waals surface area contributed by atoms with Gasteiger partial charge in [0.05, 0.1) is 11.9 Å². The molecule has 1 aromatic carbocycles. The number of benzene rings is 1. The molecule has 3 rings (SSSR count). The number of rotatable bonds is 1. The SMILES string of the molecule is Nc1cn(-c2ccc3c(c2)OCO3)cn1. The van der Waals surface area contributed by atoms with Gasteiger partial charge in [-0.25, -0.2) is 4.98 Å². The lowest BCUT2D eigenvalue weighted by atomic mass is 10.3. The number of imidazole rings is 1. The minimum absolute atomic E-state index is 0.283. The molecule has 2 aromatic rings. The van der Waals surface area contributed by atoms with Gasteiger partial charge in [0.1, 0.15) is 12.1 Å². The average Bonchev–Trinajstić information content (AvgIpc) is 2.84. The van der Waals surface area contributed by atoms with Gasteiger partial charge < -0.3 is 19.8 Å². The summed E-state index contributed by atoms with van der Waals surface area (Å²) in [5, 5.41) is 0. The molecule has 1 aliphatic heterocycles. The molecule has 0 atom stereocenters. The zero-order valence-electron chi connectivity index (χ0n) is 7.88. The van der Waals surface area contributed by atoms with Gasteiger partial charge in [-0.2, -0.15) is 0 Å². The Morgan fingerprint density at radius 1 is 1.27 bits per heavy atom. The van der Waals surface area contributed by atoms with Crippen molar-refractivity contribution in [3.63, 3.8) is 0 Å². The summed E-state index contributed by atoms with van der Waals surface area (Å²) < 4.78 is 12.3. The summed E-state index contributed by atoms with van der Waals surface area (Å²) in [5.74, 6) is 2.01. The summed E-state index contributed by atoms with van der Waals surface area (Å²) in [5.41, 5.74) is 6.49. The van der Waals surface area contributed by atoms with Gasteiger partial charge >= 0.3 is 0 Å². The molecule has 0 amide bonds. The number of hydrogen-bond acceptors (Lipinski definition) is 4. The molecular formula is C10H9N3O2. The maximum atomic E-state index is 5.54. The molecule has 2 heterocycles. The first kappa shape index (κ1) is 8.16. The molecule has 1 aliphatic rings. The van der Waals surface area contributed by atoms with E-state index in [9.17, 15) is 0 Å². The molecule has 2 N–H and O–H groups in total. The highest BCUT2D eigenvalue weighted by Gasteiger charge is 2.13. The average molecular weight is 203 g/mol. The van der Waals surface area contributed by atoms with E-state index >= 15 is 0 Å². The second-order valence-electron chi connectivity index (χ2n) is 3.24. The van der Waals surface area contributed by atoms with E-state index in [2.05, 4.69) is 4.98 Å². The summed E-state index contributed by atoms with van der Waals surface area (Å²) in [6, 6.07) is 5.69. The van der Waals surface area contributed by atoms with Gasteiger partial charge in [-0.1, -0.05) is 0 Å². The molecule has 0 aliphatic carbocycles. The number of ether oxygens (including phenoxy) is 2. The Bertz CT molecular complexity index is 507. The molecule has 15 heavy (non-hydrogen) atoms. The number of nitrogens with zero attached hydrogens (tertiary/aromatic N) is 2. The third-order valence-electron chi connectivity index (χ3n) is 2.26. The van der Waals surface area contributed by atoms with Crippen molar-refractivity contribution in [3.8, 4) is 17.2 Å². The summed E-state index contributed by atoms with van der Waals surface area (Å²) in [7, 11) is 0.